The predicted octanol–water partition coefficient (Wildman–Crippen LogP) is 4.93. The van der Waals surface area contributed by atoms with E-state index in [4.69, 9.17) is 40.4 Å². The summed E-state index contributed by atoms with van der Waals surface area (Å²) in [5.41, 5.74) is 5.87. The molecule has 2 saturated heterocycles. The summed E-state index contributed by atoms with van der Waals surface area (Å²) >= 11 is 6.41. The molecular weight excluding hydrogens is 1240 g/mol. The number of ether oxygens (including phenoxy) is 6. The second-order valence-electron chi connectivity index (χ2n) is 22.2. The standard InChI is InChI=1S/C65H81ClFN15O12/c1-68-64(88)49-7-4-5-9-53(49)75-63-51(66)40-72-65(76-63)74-46-11-13-47(14-12-46)80-24-22-79(23-25-80)26-28-91-30-32-93-34-36-94-35-33-92-31-29-90-27-19-69-56(83)15-16-59(86)81-20-17-44(18-21-81)62-61-48(50-38-55-45(37-52(50)67)39-73-78(55)2)8-6-10-54(61)82(77-62)43-58(85)70-41-57(84)71-42-60(87)89-3/h4-14,37-40,44H,15-36,41-43H2,1-3H3,(H,68,88)(H,69,83)(H,70,85)(H,71,84)(H2,72,74,75,76). The molecule has 3 aromatic heterocycles. The van der Waals surface area contributed by atoms with Gasteiger partial charge in [-0.05, 0) is 73.0 Å². The molecule has 0 unspecified atom stereocenters. The largest absolute Gasteiger partial charge is 0.468 e. The van der Waals surface area contributed by atoms with Gasteiger partial charge in [0.05, 0.1) is 120 Å². The van der Waals surface area contributed by atoms with Gasteiger partial charge in [0.25, 0.3) is 5.91 Å². The number of amides is 5. The molecule has 94 heavy (non-hydrogen) atoms. The van der Waals surface area contributed by atoms with Gasteiger partial charge in [0.1, 0.15) is 23.9 Å². The molecule has 0 radical (unpaired) electrons. The molecule has 0 bridgehead atoms. The molecule has 29 heteroatoms. The first-order valence-corrected chi connectivity index (χ1v) is 31.7. The van der Waals surface area contributed by atoms with Crippen LogP contribution in [0.3, 0.4) is 0 Å². The number of carbonyl (C=O) groups excluding carboxylic acids is 6. The summed E-state index contributed by atoms with van der Waals surface area (Å²) in [6, 6.07) is 23.8. The van der Waals surface area contributed by atoms with Gasteiger partial charge in [-0.2, -0.15) is 15.2 Å². The van der Waals surface area contributed by atoms with Crippen LogP contribution in [0, 0.1) is 5.82 Å². The molecule has 0 saturated carbocycles. The first-order valence-electron chi connectivity index (χ1n) is 31.3. The Labute approximate surface area is 548 Å². The van der Waals surface area contributed by atoms with Crippen molar-refractivity contribution in [2.45, 2.75) is 38.1 Å². The fourth-order valence-electron chi connectivity index (χ4n) is 10.9. The van der Waals surface area contributed by atoms with Crippen LogP contribution in [-0.2, 0) is 66.0 Å². The maximum Gasteiger partial charge on any atom is 0.325 e. The van der Waals surface area contributed by atoms with Gasteiger partial charge in [-0.15, -0.1) is 0 Å². The Balaban J connectivity index is 0.576. The number of para-hydroxylation sites is 1. The lowest BCUT2D eigenvalue weighted by Gasteiger charge is -2.36. The topological polar surface area (TPSA) is 301 Å². The van der Waals surface area contributed by atoms with E-state index < -0.39 is 23.6 Å². The molecule has 7 aromatic rings. The van der Waals surface area contributed by atoms with E-state index in [-0.39, 0.29) is 69.3 Å². The Morgan fingerprint density at radius 1 is 0.681 bits per heavy atom. The molecule has 5 amide bonds. The van der Waals surface area contributed by atoms with Gasteiger partial charge in [-0.3, -0.25) is 43.0 Å². The number of piperidine rings is 1. The molecule has 502 valence electrons. The van der Waals surface area contributed by atoms with E-state index >= 15 is 4.39 Å². The molecule has 4 aromatic carbocycles. The fraction of sp³-hybridized carbons (Fsp3) is 0.446. The Bertz CT molecular complexity index is 3690. The molecule has 9 rings (SSSR count). The van der Waals surface area contributed by atoms with Crippen LogP contribution in [0.15, 0.2) is 91.3 Å². The average molecular weight is 1320 g/mol. The zero-order valence-electron chi connectivity index (χ0n) is 53.1. The van der Waals surface area contributed by atoms with Gasteiger partial charge in [0.2, 0.25) is 29.6 Å². The van der Waals surface area contributed by atoms with E-state index in [9.17, 15) is 28.8 Å². The van der Waals surface area contributed by atoms with Gasteiger partial charge < -0.3 is 70.1 Å². The SMILES string of the molecule is CNC(=O)c1ccccc1Nc1nc(Nc2ccc(N3CCN(CCOCCOCCOCCOCCOCCNC(=O)CCC(=O)N4CCC(c5nn(CC(=O)NCC(=O)NCC(=O)OC)c6cccc(-c7cc8c(cnn8C)cc7F)c56)CC4)CC3)cc2)ncc1Cl. The number of hydrogen-bond acceptors (Lipinski definition) is 20. The van der Waals surface area contributed by atoms with Gasteiger partial charge in [0.15, 0.2) is 5.82 Å². The molecule has 2 aliphatic heterocycles. The minimum Gasteiger partial charge on any atom is -0.468 e. The van der Waals surface area contributed by atoms with E-state index in [1.165, 1.54) is 24.1 Å². The van der Waals surface area contributed by atoms with E-state index in [0.29, 0.717) is 147 Å². The van der Waals surface area contributed by atoms with Crippen molar-refractivity contribution in [1.29, 1.82) is 0 Å². The van der Waals surface area contributed by atoms with Crippen LogP contribution in [-0.4, -0.2) is 221 Å². The zero-order chi connectivity index (χ0) is 66.2. The summed E-state index contributed by atoms with van der Waals surface area (Å²) in [5.74, 6) is -2.23. The van der Waals surface area contributed by atoms with Crippen LogP contribution in [0.5, 0.6) is 0 Å². The minimum atomic E-state index is -0.631. The number of benzene rings is 4. The highest BCUT2D eigenvalue weighted by Crippen LogP contribution is 2.40. The van der Waals surface area contributed by atoms with Crippen molar-refractivity contribution in [3.63, 3.8) is 0 Å². The second-order valence-corrected chi connectivity index (χ2v) is 22.6. The fourth-order valence-corrected chi connectivity index (χ4v) is 11.1. The number of carbonyl (C=O) groups is 6. The monoisotopic (exact) mass is 1320 g/mol. The summed E-state index contributed by atoms with van der Waals surface area (Å²) in [7, 11) is 4.56. The summed E-state index contributed by atoms with van der Waals surface area (Å²) in [6.07, 6.45) is 4.23. The highest BCUT2D eigenvalue weighted by molar-refractivity contribution is 6.33. The average Bonchev–Trinajstić information content (AvgIpc) is 1.57. The van der Waals surface area contributed by atoms with Crippen molar-refractivity contribution in [2.75, 3.05) is 161 Å². The van der Waals surface area contributed by atoms with Gasteiger partial charge in [-0.1, -0.05) is 35.9 Å². The van der Waals surface area contributed by atoms with Crippen molar-refractivity contribution in [2.24, 2.45) is 7.05 Å². The molecule has 2 fully saturated rings. The molecule has 0 spiro atoms. The summed E-state index contributed by atoms with van der Waals surface area (Å²) in [5, 5.41) is 27.6. The number of fused-ring (bicyclic) bond motifs is 2. The molecule has 2 aliphatic rings. The number of aryl methyl sites for hydroxylation is 1. The van der Waals surface area contributed by atoms with Crippen LogP contribution in [0.2, 0.25) is 5.02 Å². The van der Waals surface area contributed by atoms with E-state index in [2.05, 4.69) is 73.6 Å². The lowest BCUT2D eigenvalue weighted by molar-refractivity contribution is -0.141. The van der Waals surface area contributed by atoms with Crippen LogP contribution in [0.4, 0.5) is 33.2 Å². The Morgan fingerprint density at radius 2 is 1.36 bits per heavy atom. The molecule has 5 heterocycles. The Morgan fingerprint density at radius 3 is 2.06 bits per heavy atom. The van der Waals surface area contributed by atoms with Crippen LogP contribution in [0.25, 0.3) is 32.9 Å². The lowest BCUT2D eigenvalue weighted by atomic mass is 9.88. The number of rotatable bonds is 35. The van der Waals surface area contributed by atoms with Gasteiger partial charge >= 0.3 is 5.97 Å². The first-order chi connectivity index (χ1) is 45.7. The third-order valence-corrected chi connectivity index (χ3v) is 16.3. The maximum atomic E-state index is 16.0. The minimum absolute atomic E-state index is 0.0215. The van der Waals surface area contributed by atoms with Gasteiger partial charge in [-0.25, -0.2) is 9.37 Å². The molecule has 0 aliphatic carbocycles. The molecular formula is C65H81ClFN15O12. The van der Waals surface area contributed by atoms with Crippen LogP contribution >= 0.6 is 11.6 Å². The van der Waals surface area contributed by atoms with Crippen molar-refractivity contribution >= 4 is 97.7 Å². The number of aromatic nitrogens is 6. The van der Waals surface area contributed by atoms with Crippen LogP contribution < -0.4 is 36.8 Å². The normalized spacial score (nSPS) is 13.7. The number of piperazine rings is 1. The van der Waals surface area contributed by atoms with Gasteiger partial charge in [0, 0.05) is 113 Å². The third kappa shape index (κ3) is 19.8. The summed E-state index contributed by atoms with van der Waals surface area (Å²) in [4.78, 5) is 90.7. The third-order valence-electron chi connectivity index (χ3n) is 16.0. The van der Waals surface area contributed by atoms with Crippen molar-refractivity contribution in [3.05, 3.63) is 113 Å². The highest BCUT2D eigenvalue weighted by Gasteiger charge is 2.30. The quantitative estimate of drug-likeness (QED) is 0.0227. The number of esters is 1. The number of halogens is 2. The molecule has 0 atom stereocenters. The molecule has 27 nitrogen and oxygen atoms in total. The summed E-state index contributed by atoms with van der Waals surface area (Å²) < 4.78 is 52.0. The number of nitrogens with one attached hydrogen (secondary N) is 6. The number of likely N-dealkylation sites (tertiary alicyclic amines) is 1. The highest BCUT2D eigenvalue weighted by atomic mass is 35.5. The first kappa shape index (κ1) is 69.4. The second kappa shape index (κ2) is 35.4. The van der Waals surface area contributed by atoms with E-state index in [1.807, 2.05) is 24.3 Å². The number of nitrogens with zero attached hydrogens (tertiary/aromatic N) is 9. The zero-order valence-corrected chi connectivity index (χ0v) is 53.9. The van der Waals surface area contributed by atoms with Crippen molar-refractivity contribution < 1.29 is 61.6 Å². The van der Waals surface area contributed by atoms with Crippen LogP contribution in [0.1, 0.15) is 47.7 Å². The number of hydrogen-bond donors (Lipinski definition) is 6. The predicted molar refractivity (Wildman–Crippen MR) is 351 cm³/mol. The van der Waals surface area contributed by atoms with E-state index in [0.717, 1.165) is 49.6 Å². The smallest absolute Gasteiger partial charge is 0.325 e. The van der Waals surface area contributed by atoms with Crippen molar-refractivity contribution in [1.82, 2.24) is 60.6 Å². The van der Waals surface area contributed by atoms with E-state index in [1.54, 1.807) is 66.3 Å². The lowest BCUT2D eigenvalue weighted by Crippen LogP contribution is -2.47. The maximum absolute atomic E-state index is 16.0. The number of methoxy groups -OCH3 is 1. The Kier molecular flexibility index (Phi) is 26.1. The Hall–Kier alpha value is -8.90. The summed E-state index contributed by atoms with van der Waals surface area (Å²) in [6.45, 7) is 8.87. The molecule has 6 N–H and O–H groups in total. The number of anilines is 5. The van der Waals surface area contributed by atoms with Crippen molar-refractivity contribution in [3.8, 4) is 11.1 Å².